The lowest BCUT2D eigenvalue weighted by Gasteiger charge is -2.28. The Balaban J connectivity index is 1.72. The van der Waals surface area contributed by atoms with E-state index in [0.29, 0.717) is 61.7 Å². The van der Waals surface area contributed by atoms with E-state index in [9.17, 15) is 13.6 Å². The molecule has 0 bridgehead atoms. The number of ether oxygens (including phenoxy) is 1. The fourth-order valence-electron chi connectivity index (χ4n) is 3.85. The summed E-state index contributed by atoms with van der Waals surface area (Å²) in [5.74, 6) is -1.35. The van der Waals surface area contributed by atoms with E-state index in [1.165, 1.54) is 6.07 Å². The summed E-state index contributed by atoms with van der Waals surface area (Å²) in [7, 11) is 1.81. The second-order valence-corrected chi connectivity index (χ2v) is 8.12. The molecule has 0 saturated carbocycles. The molecule has 1 amide bonds. The molecule has 1 unspecified atom stereocenters. The van der Waals surface area contributed by atoms with Crippen molar-refractivity contribution in [2.24, 2.45) is 0 Å². The lowest BCUT2D eigenvalue weighted by molar-refractivity contribution is 0.0954. The summed E-state index contributed by atoms with van der Waals surface area (Å²) in [6.07, 6.45) is 1.70. The van der Waals surface area contributed by atoms with E-state index in [0.717, 1.165) is 23.5 Å². The van der Waals surface area contributed by atoms with Crippen molar-refractivity contribution in [2.45, 2.75) is 13.0 Å². The zero-order chi connectivity index (χ0) is 24.1. The van der Waals surface area contributed by atoms with E-state index in [2.05, 4.69) is 25.8 Å². The van der Waals surface area contributed by atoms with Crippen molar-refractivity contribution in [3.63, 3.8) is 0 Å². The first-order chi connectivity index (χ1) is 16.5. The van der Waals surface area contributed by atoms with Crippen LogP contribution in [0, 0.1) is 11.6 Å². The molecule has 1 saturated heterocycles. The third-order valence-electron chi connectivity index (χ3n) is 5.69. The molecule has 1 aliphatic heterocycles. The number of halogens is 2. The maximum absolute atomic E-state index is 13.8. The van der Waals surface area contributed by atoms with E-state index in [4.69, 9.17) is 9.72 Å². The molecule has 1 atom stereocenters. The third-order valence-corrected chi connectivity index (χ3v) is 5.69. The first kappa shape index (κ1) is 23.8. The predicted octanol–water partition coefficient (Wildman–Crippen LogP) is 2.87. The van der Waals surface area contributed by atoms with Crippen LogP contribution >= 0.6 is 0 Å². The number of rotatable bonds is 8. The average Bonchev–Trinajstić information content (AvgIpc) is 2.85. The number of amides is 1. The van der Waals surface area contributed by atoms with Crippen LogP contribution in [0.5, 0.6) is 0 Å². The number of aromatic nitrogens is 2. The maximum atomic E-state index is 13.8. The smallest absolute Gasteiger partial charge is 0.251 e. The summed E-state index contributed by atoms with van der Waals surface area (Å²) in [5.41, 5.74) is 2.81. The van der Waals surface area contributed by atoms with Crippen LogP contribution in [0.2, 0.25) is 0 Å². The molecule has 3 N–H and O–H groups in total. The Bertz CT molecular complexity index is 1170. The highest BCUT2D eigenvalue weighted by Gasteiger charge is 2.20. The molecule has 2 heterocycles. The number of nitrogens with zero attached hydrogens (tertiary/aromatic N) is 3. The molecule has 2 aromatic carbocycles. The van der Waals surface area contributed by atoms with Crippen molar-refractivity contribution in [2.75, 3.05) is 56.7 Å². The van der Waals surface area contributed by atoms with Gasteiger partial charge in [-0.3, -0.25) is 9.78 Å². The molecular formula is C24H28F2N6O2. The number of fused-ring (bicyclic) bond motifs is 1. The fraction of sp³-hybridized carbons (Fsp3) is 0.375. The van der Waals surface area contributed by atoms with Crippen LogP contribution < -0.4 is 20.9 Å². The molecular weight excluding hydrogens is 442 g/mol. The summed E-state index contributed by atoms with van der Waals surface area (Å²) >= 11 is 0. The summed E-state index contributed by atoms with van der Waals surface area (Å²) in [6.45, 7) is 5.66. The number of nitrogens with one attached hydrogen (secondary N) is 3. The van der Waals surface area contributed by atoms with Crippen LogP contribution in [0.25, 0.3) is 11.0 Å². The molecule has 0 aliphatic carbocycles. The number of hydrogen-bond donors (Lipinski definition) is 3. The van der Waals surface area contributed by atoms with E-state index in [1.807, 2.05) is 14.0 Å². The van der Waals surface area contributed by atoms with E-state index in [-0.39, 0.29) is 11.9 Å². The van der Waals surface area contributed by atoms with Crippen molar-refractivity contribution in [3.05, 3.63) is 59.3 Å². The van der Waals surface area contributed by atoms with Gasteiger partial charge in [-0.05, 0) is 38.2 Å². The summed E-state index contributed by atoms with van der Waals surface area (Å²) < 4.78 is 32.6. The van der Waals surface area contributed by atoms with Crippen LogP contribution in [0.1, 0.15) is 28.9 Å². The van der Waals surface area contributed by atoms with Gasteiger partial charge in [0.2, 0.25) is 0 Å². The molecule has 1 aromatic heterocycles. The van der Waals surface area contributed by atoms with Crippen molar-refractivity contribution >= 4 is 28.4 Å². The normalized spacial score (nSPS) is 14.8. The lowest BCUT2D eigenvalue weighted by atomic mass is 10.0. The zero-order valence-electron chi connectivity index (χ0n) is 19.2. The van der Waals surface area contributed by atoms with Gasteiger partial charge in [-0.25, -0.2) is 13.8 Å². The SMILES string of the molecule is CNCCNC(=O)c1cc(C(C)Nc2ccc(F)c(F)c2)c2nc(N3CCOCC3)cnc2c1. The standard InChI is InChI=1S/C24H28F2N6O2/c1-15(30-17-3-4-19(25)20(26)13-17)18-11-16(24(33)28-6-5-27-2)12-21-23(18)31-22(14-29-21)32-7-9-34-10-8-32/h3-4,11-15,27,30H,5-10H2,1-2H3,(H,28,33). The number of morpholine rings is 1. The minimum atomic E-state index is -0.936. The third kappa shape index (κ3) is 5.40. The highest BCUT2D eigenvalue weighted by molar-refractivity contribution is 5.98. The topological polar surface area (TPSA) is 91.4 Å². The Hall–Kier alpha value is -3.37. The van der Waals surface area contributed by atoms with Crippen molar-refractivity contribution in [1.82, 2.24) is 20.6 Å². The van der Waals surface area contributed by atoms with Gasteiger partial charge in [-0.2, -0.15) is 0 Å². The molecule has 0 radical (unpaired) electrons. The van der Waals surface area contributed by atoms with Gasteiger partial charge in [0.25, 0.3) is 5.91 Å². The number of carbonyl (C=O) groups is 1. The van der Waals surface area contributed by atoms with Crippen LogP contribution in [0.4, 0.5) is 20.3 Å². The van der Waals surface area contributed by atoms with Gasteiger partial charge in [0.05, 0.1) is 36.5 Å². The van der Waals surface area contributed by atoms with Gasteiger partial charge in [-0.15, -0.1) is 0 Å². The largest absolute Gasteiger partial charge is 0.378 e. The van der Waals surface area contributed by atoms with Gasteiger partial charge in [0.1, 0.15) is 5.82 Å². The molecule has 4 rings (SSSR count). The van der Waals surface area contributed by atoms with Crippen molar-refractivity contribution in [1.29, 1.82) is 0 Å². The first-order valence-corrected chi connectivity index (χ1v) is 11.2. The summed E-state index contributed by atoms with van der Waals surface area (Å²) in [6, 6.07) is 6.76. The quantitative estimate of drug-likeness (QED) is 0.436. The molecule has 8 nitrogen and oxygen atoms in total. The molecule has 34 heavy (non-hydrogen) atoms. The second-order valence-electron chi connectivity index (χ2n) is 8.12. The summed E-state index contributed by atoms with van der Waals surface area (Å²) in [5, 5.41) is 9.05. The highest BCUT2D eigenvalue weighted by atomic mass is 19.2. The second kappa shape index (κ2) is 10.7. The number of carbonyl (C=O) groups excluding carboxylic acids is 1. The zero-order valence-corrected chi connectivity index (χ0v) is 19.2. The minimum absolute atomic E-state index is 0.225. The summed E-state index contributed by atoms with van der Waals surface area (Å²) in [4.78, 5) is 24.3. The number of likely N-dealkylation sites (N-methyl/N-ethyl adjacent to an activating group) is 1. The Kier molecular flexibility index (Phi) is 7.49. The molecule has 10 heteroatoms. The molecule has 180 valence electrons. The van der Waals surface area contributed by atoms with Gasteiger partial charge in [-0.1, -0.05) is 0 Å². The molecule has 1 aliphatic rings. The van der Waals surface area contributed by atoms with Crippen LogP contribution in [-0.2, 0) is 4.74 Å². The Morgan fingerprint density at radius 2 is 1.94 bits per heavy atom. The Morgan fingerprint density at radius 3 is 2.68 bits per heavy atom. The van der Waals surface area contributed by atoms with Gasteiger partial charge >= 0.3 is 0 Å². The molecule has 3 aromatic rings. The monoisotopic (exact) mass is 470 g/mol. The maximum Gasteiger partial charge on any atom is 0.251 e. The van der Waals surface area contributed by atoms with Crippen molar-refractivity contribution < 1.29 is 18.3 Å². The van der Waals surface area contributed by atoms with Crippen LogP contribution in [0.15, 0.2) is 36.5 Å². The molecule has 1 fully saturated rings. The van der Waals surface area contributed by atoms with Gasteiger partial charge in [0.15, 0.2) is 11.6 Å². The fourth-order valence-corrected chi connectivity index (χ4v) is 3.85. The minimum Gasteiger partial charge on any atom is -0.378 e. The van der Waals surface area contributed by atoms with Crippen molar-refractivity contribution in [3.8, 4) is 0 Å². The Labute approximate surface area is 196 Å². The van der Waals surface area contributed by atoms with Gasteiger partial charge < -0.3 is 25.6 Å². The van der Waals surface area contributed by atoms with E-state index < -0.39 is 11.6 Å². The number of benzene rings is 2. The first-order valence-electron chi connectivity index (χ1n) is 11.2. The number of hydrogen-bond acceptors (Lipinski definition) is 7. The predicted molar refractivity (Wildman–Crippen MR) is 127 cm³/mol. The van der Waals surface area contributed by atoms with Crippen LogP contribution in [0.3, 0.4) is 0 Å². The average molecular weight is 471 g/mol. The van der Waals surface area contributed by atoms with E-state index >= 15 is 0 Å². The molecule has 0 spiro atoms. The van der Waals surface area contributed by atoms with E-state index in [1.54, 1.807) is 18.3 Å². The highest BCUT2D eigenvalue weighted by Crippen LogP contribution is 2.29. The number of anilines is 2. The Morgan fingerprint density at radius 1 is 1.15 bits per heavy atom. The lowest BCUT2D eigenvalue weighted by Crippen LogP contribution is -2.36. The van der Waals surface area contributed by atoms with Gasteiger partial charge in [0, 0.05) is 49.1 Å². The van der Waals surface area contributed by atoms with Crippen LogP contribution in [-0.4, -0.2) is 62.3 Å².